The van der Waals surface area contributed by atoms with Gasteiger partial charge in [0.1, 0.15) is 0 Å². The Bertz CT molecular complexity index is 429. The van der Waals surface area contributed by atoms with Crippen LogP contribution in [0.5, 0.6) is 0 Å². The van der Waals surface area contributed by atoms with Crippen molar-refractivity contribution in [2.24, 2.45) is 0 Å². The predicted octanol–water partition coefficient (Wildman–Crippen LogP) is 1.71. The zero-order valence-corrected chi connectivity index (χ0v) is 7.31. The molecule has 0 aromatic carbocycles. The van der Waals surface area contributed by atoms with E-state index >= 15 is 0 Å². The Morgan fingerprint density at radius 3 is 3.08 bits per heavy atom. The van der Waals surface area contributed by atoms with Gasteiger partial charge in [-0.2, -0.15) is 0 Å². The molecule has 0 N–H and O–H groups in total. The second-order valence-corrected chi connectivity index (χ2v) is 2.76. The summed E-state index contributed by atoms with van der Waals surface area (Å²) in [6.07, 6.45) is 11.4. The predicted molar refractivity (Wildman–Crippen MR) is 50.8 cm³/mol. The lowest BCUT2D eigenvalue weighted by molar-refractivity contribution is 0.821. The summed E-state index contributed by atoms with van der Waals surface area (Å²) in [6, 6.07) is 0. The van der Waals surface area contributed by atoms with Crippen LogP contribution < -0.4 is 0 Å². The van der Waals surface area contributed by atoms with Crippen molar-refractivity contribution in [1.82, 2.24) is 15.0 Å². The third-order valence-electron chi connectivity index (χ3n) is 1.67. The number of aromatic nitrogens is 3. The van der Waals surface area contributed by atoms with Gasteiger partial charge in [0.15, 0.2) is 0 Å². The van der Waals surface area contributed by atoms with Crippen molar-refractivity contribution in [3.63, 3.8) is 0 Å². The summed E-state index contributed by atoms with van der Waals surface area (Å²) in [6.45, 7) is 1.91. The quantitative estimate of drug-likeness (QED) is 0.602. The molecule has 13 heavy (non-hydrogen) atoms. The zero-order valence-electron chi connectivity index (χ0n) is 7.31. The summed E-state index contributed by atoms with van der Waals surface area (Å²) >= 11 is 0. The molecule has 0 spiro atoms. The molecule has 3 nitrogen and oxygen atoms in total. The summed E-state index contributed by atoms with van der Waals surface area (Å²) < 4.78 is 1.73. The lowest BCUT2D eigenvalue weighted by Gasteiger charge is -1.96. The van der Waals surface area contributed by atoms with Gasteiger partial charge in [-0.3, -0.25) is 0 Å². The summed E-state index contributed by atoms with van der Waals surface area (Å²) in [5, 5.41) is 7.87. The second kappa shape index (κ2) is 3.25. The number of allylic oxidation sites excluding steroid dienone is 5. The van der Waals surface area contributed by atoms with E-state index in [1.54, 1.807) is 4.68 Å². The van der Waals surface area contributed by atoms with Crippen LogP contribution in [0.2, 0.25) is 0 Å². The van der Waals surface area contributed by atoms with Crippen LogP contribution in [0.4, 0.5) is 0 Å². The molecular weight excluding hydrogens is 162 g/mol. The Balaban J connectivity index is 2.41. The summed E-state index contributed by atoms with van der Waals surface area (Å²) in [5.74, 6) is 0. The molecule has 1 aromatic heterocycles. The molecule has 64 valence electrons. The Morgan fingerprint density at radius 2 is 2.31 bits per heavy atom. The van der Waals surface area contributed by atoms with Gasteiger partial charge >= 0.3 is 0 Å². The van der Waals surface area contributed by atoms with Crippen LogP contribution in [-0.2, 0) is 0 Å². The zero-order chi connectivity index (χ0) is 9.10. The third-order valence-corrected chi connectivity index (χ3v) is 1.67. The Hall–Kier alpha value is -1.86. The monoisotopic (exact) mass is 171 g/mol. The van der Waals surface area contributed by atoms with E-state index < -0.39 is 0 Å². The second-order valence-electron chi connectivity index (χ2n) is 2.76. The van der Waals surface area contributed by atoms with Gasteiger partial charge in [0.2, 0.25) is 0 Å². The van der Waals surface area contributed by atoms with Crippen LogP contribution in [0, 0.1) is 6.92 Å². The maximum absolute atomic E-state index is 3.96. The first kappa shape index (κ1) is 7.77. The van der Waals surface area contributed by atoms with E-state index in [2.05, 4.69) is 16.0 Å². The van der Waals surface area contributed by atoms with E-state index in [9.17, 15) is 0 Å². The molecule has 1 aliphatic rings. The van der Waals surface area contributed by atoms with Crippen LogP contribution in [0.25, 0.3) is 5.70 Å². The molecule has 0 atom stereocenters. The molecule has 0 unspecified atom stereocenters. The van der Waals surface area contributed by atoms with Gasteiger partial charge in [0.05, 0.1) is 17.6 Å². The standard InChI is InChI=1S/C10H9N3/c1-9-8-13(12-11-9)10-6-4-2-3-5-7-10/h2-4,6-8H,1H3. The molecule has 0 amide bonds. The smallest absolute Gasteiger partial charge is 0.0800 e. The fraction of sp³-hybridized carbons (Fsp3) is 0.100. The van der Waals surface area contributed by atoms with Crippen LogP contribution in [-0.4, -0.2) is 15.0 Å². The van der Waals surface area contributed by atoms with Gasteiger partial charge < -0.3 is 0 Å². The average Bonchev–Trinajstić information content (AvgIpc) is 2.43. The van der Waals surface area contributed by atoms with Crippen molar-refractivity contribution < 1.29 is 0 Å². The first-order chi connectivity index (χ1) is 6.36. The molecule has 1 aliphatic carbocycles. The van der Waals surface area contributed by atoms with Crippen molar-refractivity contribution in [1.29, 1.82) is 0 Å². The molecule has 0 fully saturated rings. The summed E-state index contributed by atoms with van der Waals surface area (Å²) in [5.41, 5.74) is 4.88. The molecule has 1 aromatic rings. The van der Waals surface area contributed by atoms with Crippen molar-refractivity contribution in [2.75, 3.05) is 0 Å². The third kappa shape index (κ3) is 1.66. The minimum absolute atomic E-state index is 0.909. The fourth-order valence-electron chi connectivity index (χ4n) is 1.06. The Morgan fingerprint density at radius 1 is 1.38 bits per heavy atom. The largest absolute Gasteiger partial charge is 0.220 e. The lowest BCUT2D eigenvalue weighted by Crippen LogP contribution is -1.94. The van der Waals surface area contributed by atoms with Gasteiger partial charge in [-0.25, -0.2) is 4.68 Å². The first-order valence-electron chi connectivity index (χ1n) is 4.05. The van der Waals surface area contributed by atoms with E-state index in [4.69, 9.17) is 0 Å². The van der Waals surface area contributed by atoms with Crippen molar-refractivity contribution >= 4 is 5.70 Å². The van der Waals surface area contributed by atoms with E-state index in [1.165, 1.54) is 0 Å². The molecule has 0 saturated heterocycles. The maximum Gasteiger partial charge on any atom is 0.0800 e. The molecular formula is C10H9N3. The average molecular weight is 171 g/mol. The summed E-state index contributed by atoms with van der Waals surface area (Å²) in [7, 11) is 0. The van der Waals surface area contributed by atoms with Crippen molar-refractivity contribution in [3.8, 4) is 0 Å². The van der Waals surface area contributed by atoms with Gasteiger partial charge in [-0.1, -0.05) is 17.4 Å². The van der Waals surface area contributed by atoms with Crippen LogP contribution in [0.3, 0.4) is 0 Å². The number of rotatable bonds is 1. The highest BCUT2D eigenvalue weighted by Gasteiger charge is 1.98. The van der Waals surface area contributed by atoms with Crippen molar-refractivity contribution in [2.45, 2.75) is 6.92 Å². The van der Waals surface area contributed by atoms with Crippen LogP contribution >= 0.6 is 0 Å². The first-order valence-corrected chi connectivity index (χ1v) is 4.05. The van der Waals surface area contributed by atoms with Gasteiger partial charge in [0, 0.05) is 6.08 Å². The Labute approximate surface area is 76.4 Å². The molecule has 0 aliphatic heterocycles. The highest BCUT2D eigenvalue weighted by atomic mass is 15.4. The highest BCUT2D eigenvalue weighted by Crippen LogP contribution is 2.06. The SMILES string of the molecule is Cc1cn(C2=CC=CC=C=C2)nn1. The van der Waals surface area contributed by atoms with E-state index in [0.717, 1.165) is 11.4 Å². The van der Waals surface area contributed by atoms with Gasteiger partial charge in [0.25, 0.3) is 0 Å². The number of nitrogens with zero attached hydrogens (tertiary/aromatic N) is 3. The fourth-order valence-corrected chi connectivity index (χ4v) is 1.06. The van der Waals surface area contributed by atoms with E-state index in [-0.39, 0.29) is 0 Å². The molecule has 0 bridgehead atoms. The minimum Gasteiger partial charge on any atom is -0.220 e. The van der Waals surface area contributed by atoms with Crippen LogP contribution in [0.15, 0.2) is 42.3 Å². The van der Waals surface area contributed by atoms with Crippen LogP contribution in [0.1, 0.15) is 5.69 Å². The number of hydrogen-bond acceptors (Lipinski definition) is 2. The lowest BCUT2D eigenvalue weighted by atomic mass is 10.4. The maximum atomic E-state index is 3.96. The van der Waals surface area contributed by atoms with Gasteiger partial charge in [-0.15, -0.1) is 10.8 Å². The topological polar surface area (TPSA) is 30.7 Å². The Kier molecular flexibility index (Phi) is 1.94. The van der Waals surface area contributed by atoms with Crippen molar-refractivity contribution in [3.05, 3.63) is 48.0 Å². The summed E-state index contributed by atoms with van der Waals surface area (Å²) in [4.78, 5) is 0. The molecule has 1 heterocycles. The molecule has 0 radical (unpaired) electrons. The molecule has 3 heteroatoms. The highest BCUT2D eigenvalue weighted by molar-refractivity contribution is 5.59. The minimum atomic E-state index is 0.909. The normalized spacial score (nSPS) is 14.4. The van der Waals surface area contributed by atoms with E-state index in [0.29, 0.717) is 0 Å². The molecule has 0 saturated carbocycles. The molecule has 2 rings (SSSR count). The van der Waals surface area contributed by atoms with Gasteiger partial charge in [-0.05, 0) is 19.1 Å². The number of hydrogen-bond donors (Lipinski definition) is 0. The van der Waals surface area contributed by atoms with E-state index in [1.807, 2.05) is 43.5 Å². The number of aryl methyl sites for hydroxylation is 1.